The summed E-state index contributed by atoms with van der Waals surface area (Å²) in [4.78, 5) is 12.4. The normalized spacial score (nSPS) is 23.3. The van der Waals surface area contributed by atoms with Gasteiger partial charge in [0.05, 0.1) is 11.8 Å². The minimum atomic E-state index is -0.365. The molecule has 1 aliphatic carbocycles. The van der Waals surface area contributed by atoms with Crippen molar-refractivity contribution >= 4 is 5.91 Å². The second kappa shape index (κ2) is 7.77. The standard InChI is InChI=1S/C17H28N2O3/c1-5-16(21-14-8-6-7-11(2)9-14)17(20)18-10-15-12(3)19-22-13(15)4/h11,14,16H,5-10H2,1-4H3,(H,18,20). The predicted octanol–water partition coefficient (Wildman–Crippen LogP) is 3.28. The van der Waals surface area contributed by atoms with Crippen LogP contribution in [0.2, 0.25) is 0 Å². The molecule has 3 unspecified atom stereocenters. The number of carbonyl (C=O) groups excluding carboxylic acids is 1. The highest BCUT2D eigenvalue weighted by Crippen LogP contribution is 2.27. The first kappa shape index (κ1) is 17.0. The largest absolute Gasteiger partial charge is 0.365 e. The van der Waals surface area contributed by atoms with Gasteiger partial charge in [-0.25, -0.2) is 0 Å². The number of hydrogen-bond donors (Lipinski definition) is 1. The lowest BCUT2D eigenvalue weighted by molar-refractivity contribution is -0.139. The van der Waals surface area contributed by atoms with Crippen LogP contribution < -0.4 is 5.32 Å². The average molecular weight is 308 g/mol. The molecule has 5 heteroatoms. The number of carbonyl (C=O) groups is 1. The third-order valence-corrected chi connectivity index (χ3v) is 4.53. The molecule has 1 heterocycles. The molecule has 22 heavy (non-hydrogen) atoms. The molecule has 1 saturated carbocycles. The number of ether oxygens (including phenoxy) is 1. The van der Waals surface area contributed by atoms with Gasteiger partial charge < -0.3 is 14.6 Å². The molecule has 1 amide bonds. The van der Waals surface area contributed by atoms with E-state index in [2.05, 4.69) is 17.4 Å². The van der Waals surface area contributed by atoms with E-state index < -0.39 is 0 Å². The van der Waals surface area contributed by atoms with E-state index in [1.807, 2.05) is 20.8 Å². The first-order valence-electron chi connectivity index (χ1n) is 8.36. The van der Waals surface area contributed by atoms with E-state index in [4.69, 9.17) is 9.26 Å². The van der Waals surface area contributed by atoms with E-state index >= 15 is 0 Å². The Hall–Kier alpha value is -1.36. The van der Waals surface area contributed by atoms with Gasteiger partial charge in [-0.05, 0) is 39.0 Å². The number of amides is 1. The van der Waals surface area contributed by atoms with Gasteiger partial charge in [0.15, 0.2) is 0 Å². The molecule has 0 aliphatic heterocycles. The highest BCUT2D eigenvalue weighted by molar-refractivity contribution is 5.80. The van der Waals surface area contributed by atoms with Gasteiger partial charge >= 0.3 is 0 Å². The maximum Gasteiger partial charge on any atom is 0.249 e. The molecule has 0 saturated heterocycles. The quantitative estimate of drug-likeness (QED) is 0.876. The Bertz CT molecular complexity index is 479. The fourth-order valence-corrected chi connectivity index (χ4v) is 3.12. The van der Waals surface area contributed by atoms with E-state index in [-0.39, 0.29) is 18.1 Å². The Morgan fingerprint density at radius 1 is 1.45 bits per heavy atom. The summed E-state index contributed by atoms with van der Waals surface area (Å²) in [5, 5.41) is 6.86. The molecule has 2 rings (SSSR count). The topological polar surface area (TPSA) is 64.4 Å². The van der Waals surface area contributed by atoms with Crippen LogP contribution in [-0.2, 0) is 16.1 Å². The van der Waals surface area contributed by atoms with Crippen molar-refractivity contribution in [2.45, 2.75) is 78.6 Å². The second-order valence-corrected chi connectivity index (χ2v) is 6.45. The summed E-state index contributed by atoms with van der Waals surface area (Å²) in [6, 6.07) is 0. The van der Waals surface area contributed by atoms with Crippen LogP contribution in [-0.4, -0.2) is 23.3 Å². The average Bonchev–Trinajstić information content (AvgIpc) is 2.81. The summed E-state index contributed by atoms with van der Waals surface area (Å²) in [7, 11) is 0. The number of nitrogens with one attached hydrogen (secondary N) is 1. The molecular weight excluding hydrogens is 280 g/mol. The Morgan fingerprint density at radius 3 is 2.82 bits per heavy atom. The van der Waals surface area contributed by atoms with Gasteiger partial charge in [0, 0.05) is 12.1 Å². The number of aromatic nitrogens is 1. The van der Waals surface area contributed by atoms with Gasteiger partial charge in [0.2, 0.25) is 5.91 Å². The molecule has 1 aromatic heterocycles. The minimum absolute atomic E-state index is 0.0410. The zero-order valence-electron chi connectivity index (χ0n) is 14.1. The maximum absolute atomic E-state index is 12.4. The Morgan fingerprint density at radius 2 is 2.23 bits per heavy atom. The fraction of sp³-hybridized carbons (Fsp3) is 0.765. The summed E-state index contributed by atoms with van der Waals surface area (Å²) in [6.07, 6.45) is 5.15. The molecule has 3 atom stereocenters. The van der Waals surface area contributed by atoms with Gasteiger partial charge in [0.25, 0.3) is 0 Å². The number of nitrogens with zero attached hydrogens (tertiary/aromatic N) is 1. The van der Waals surface area contributed by atoms with Gasteiger partial charge in [-0.3, -0.25) is 4.79 Å². The van der Waals surface area contributed by atoms with E-state index in [1.54, 1.807) is 0 Å². The van der Waals surface area contributed by atoms with Crippen LogP contribution in [0.15, 0.2) is 4.52 Å². The van der Waals surface area contributed by atoms with E-state index in [9.17, 15) is 4.79 Å². The zero-order valence-corrected chi connectivity index (χ0v) is 14.1. The third kappa shape index (κ3) is 4.32. The van der Waals surface area contributed by atoms with Crippen LogP contribution in [0.4, 0.5) is 0 Å². The molecule has 1 fully saturated rings. The van der Waals surface area contributed by atoms with Crippen molar-refractivity contribution in [3.63, 3.8) is 0 Å². The lowest BCUT2D eigenvalue weighted by atomic mass is 9.88. The molecule has 0 radical (unpaired) electrons. The third-order valence-electron chi connectivity index (χ3n) is 4.53. The highest BCUT2D eigenvalue weighted by atomic mass is 16.5. The molecule has 0 bridgehead atoms. The molecule has 1 aliphatic rings. The first-order chi connectivity index (χ1) is 10.5. The van der Waals surface area contributed by atoms with Crippen LogP contribution in [0.3, 0.4) is 0 Å². The molecule has 1 N–H and O–H groups in total. The van der Waals surface area contributed by atoms with Crippen molar-refractivity contribution in [1.82, 2.24) is 10.5 Å². The van der Waals surface area contributed by atoms with Gasteiger partial charge in [-0.2, -0.15) is 0 Å². The first-order valence-corrected chi connectivity index (χ1v) is 8.36. The minimum Gasteiger partial charge on any atom is -0.365 e. The summed E-state index contributed by atoms with van der Waals surface area (Å²) in [6.45, 7) is 8.44. The van der Waals surface area contributed by atoms with Crippen LogP contribution in [0.1, 0.15) is 63.0 Å². The Kier molecular flexibility index (Phi) is 6.00. The molecule has 124 valence electrons. The van der Waals surface area contributed by atoms with Crippen molar-refractivity contribution in [3.05, 3.63) is 17.0 Å². The molecule has 0 spiro atoms. The Balaban J connectivity index is 1.86. The molecule has 0 aromatic carbocycles. The fourth-order valence-electron chi connectivity index (χ4n) is 3.12. The lowest BCUT2D eigenvalue weighted by Crippen LogP contribution is -2.39. The SMILES string of the molecule is CCC(OC1CCCC(C)C1)C(=O)NCc1c(C)noc1C. The highest BCUT2D eigenvalue weighted by Gasteiger charge is 2.26. The van der Waals surface area contributed by atoms with Gasteiger partial charge in [-0.15, -0.1) is 0 Å². The predicted molar refractivity (Wildman–Crippen MR) is 84.4 cm³/mol. The zero-order chi connectivity index (χ0) is 16.1. The van der Waals surface area contributed by atoms with Crippen LogP contribution >= 0.6 is 0 Å². The Labute approximate surface area is 132 Å². The summed E-state index contributed by atoms with van der Waals surface area (Å²) < 4.78 is 11.2. The second-order valence-electron chi connectivity index (χ2n) is 6.45. The monoisotopic (exact) mass is 308 g/mol. The number of hydrogen-bond acceptors (Lipinski definition) is 4. The van der Waals surface area contributed by atoms with Crippen LogP contribution in [0.5, 0.6) is 0 Å². The van der Waals surface area contributed by atoms with E-state index in [0.717, 1.165) is 29.9 Å². The molecular formula is C17H28N2O3. The van der Waals surface area contributed by atoms with Crippen LogP contribution in [0.25, 0.3) is 0 Å². The van der Waals surface area contributed by atoms with Crippen molar-refractivity contribution in [3.8, 4) is 0 Å². The van der Waals surface area contributed by atoms with Crippen LogP contribution in [0, 0.1) is 19.8 Å². The van der Waals surface area contributed by atoms with Crippen molar-refractivity contribution in [1.29, 1.82) is 0 Å². The van der Waals surface area contributed by atoms with Gasteiger partial charge in [0.1, 0.15) is 11.9 Å². The summed E-state index contributed by atoms with van der Waals surface area (Å²) >= 11 is 0. The number of rotatable bonds is 6. The smallest absolute Gasteiger partial charge is 0.249 e. The van der Waals surface area contributed by atoms with Crippen molar-refractivity contribution in [2.24, 2.45) is 5.92 Å². The summed E-state index contributed by atoms with van der Waals surface area (Å²) in [5.41, 5.74) is 1.78. The van der Waals surface area contributed by atoms with E-state index in [0.29, 0.717) is 18.9 Å². The van der Waals surface area contributed by atoms with Crippen molar-refractivity contribution in [2.75, 3.05) is 0 Å². The maximum atomic E-state index is 12.4. The van der Waals surface area contributed by atoms with Gasteiger partial charge in [-0.1, -0.05) is 31.8 Å². The lowest BCUT2D eigenvalue weighted by Gasteiger charge is -2.29. The molecule has 1 aromatic rings. The van der Waals surface area contributed by atoms with Crippen molar-refractivity contribution < 1.29 is 14.1 Å². The number of aryl methyl sites for hydroxylation is 2. The molecule has 5 nitrogen and oxygen atoms in total. The van der Waals surface area contributed by atoms with E-state index in [1.165, 1.54) is 12.8 Å². The summed E-state index contributed by atoms with van der Waals surface area (Å²) in [5.74, 6) is 1.41.